The fourth-order valence-corrected chi connectivity index (χ4v) is 2.97. The Bertz CT molecular complexity index is 138. The van der Waals surface area contributed by atoms with E-state index >= 15 is 0 Å². The Morgan fingerprint density at radius 1 is 1.21 bits per heavy atom. The lowest BCUT2D eigenvalue weighted by Gasteiger charge is -2.27. The Kier molecular flexibility index (Phi) is 4.57. The molecule has 0 saturated carbocycles. The maximum atomic E-state index is 5.48. The molecule has 0 aromatic rings. The highest BCUT2D eigenvalue weighted by Crippen LogP contribution is 2.17. The Labute approximate surface area is 89.9 Å². The van der Waals surface area contributed by atoms with E-state index in [1.54, 1.807) is 0 Å². The van der Waals surface area contributed by atoms with Crippen LogP contribution in [0.4, 0.5) is 0 Å². The number of nitrogens with one attached hydrogen (secondary N) is 1. The van der Waals surface area contributed by atoms with Crippen molar-refractivity contribution in [2.75, 3.05) is 31.5 Å². The van der Waals surface area contributed by atoms with Crippen molar-refractivity contribution in [1.29, 1.82) is 0 Å². The molecule has 2 saturated heterocycles. The van der Waals surface area contributed by atoms with E-state index in [0.717, 1.165) is 25.6 Å². The molecule has 1 atom stereocenters. The third kappa shape index (κ3) is 3.42. The fraction of sp³-hybridized carbons (Fsp3) is 1.00. The SMILES string of the molecule is C1CC(CNC2CCSCC2)OCO1. The number of hydrogen-bond donors (Lipinski definition) is 1. The molecule has 14 heavy (non-hydrogen) atoms. The third-order valence-corrected chi connectivity index (χ3v) is 3.88. The summed E-state index contributed by atoms with van der Waals surface area (Å²) in [5.74, 6) is 2.62. The van der Waals surface area contributed by atoms with Gasteiger partial charge in [-0.3, -0.25) is 0 Å². The normalized spacial score (nSPS) is 30.4. The molecular weight excluding hydrogens is 198 g/mol. The standard InChI is InChI=1S/C10H19NO2S/c1-4-12-8-13-10(1)7-11-9-2-5-14-6-3-9/h9-11H,1-8H2. The summed E-state index contributed by atoms with van der Waals surface area (Å²) in [6, 6.07) is 0.725. The van der Waals surface area contributed by atoms with Gasteiger partial charge in [0.2, 0.25) is 0 Å². The van der Waals surface area contributed by atoms with E-state index in [4.69, 9.17) is 9.47 Å². The maximum Gasteiger partial charge on any atom is 0.147 e. The molecule has 0 amide bonds. The Hall–Kier alpha value is 0.230. The molecule has 0 radical (unpaired) electrons. The lowest BCUT2D eigenvalue weighted by molar-refractivity contribution is -0.137. The van der Waals surface area contributed by atoms with Gasteiger partial charge in [-0.05, 0) is 30.8 Å². The van der Waals surface area contributed by atoms with Crippen molar-refractivity contribution < 1.29 is 9.47 Å². The third-order valence-electron chi connectivity index (χ3n) is 2.83. The zero-order valence-electron chi connectivity index (χ0n) is 8.54. The number of rotatable bonds is 3. The molecule has 0 aromatic carbocycles. The second-order valence-corrected chi connectivity index (χ2v) is 5.12. The van der Waals surface area contributed by atoms with Crippen molar-refractivity contribution in [3.63, 3.8) is 0 Å². The molecule has 2 aliphatic rings. The molecule has 0 bridgehead atoms. The molecule has 4 heteroatoms. The van der Waals surface area contributed by atoms with Crippen molar-refractivity contribution in [2.45, 2.75) is 31.4 Å². The van der Waals surface area contributed by atoms with E-state index in [9.17, 15) is 0 Å². The van der Waals surface area contributed by atoms with E-state index in [2.05, 4.69) is 17.1 Å². The summed E-state index contributed by atoms with van der Waals surface area (Å²) in [7, 11) is 0. The monoisotopic (exact) mass is 217 g/mol. The molecule has 3 nitrogen and oxygen atoms in total. The van der Waals surface area contributed by atoms with E-state index in [0.29, 0.717) is 12.9 Å². The summed E-state index contributed by atoms with van der Waals surface area (Å²) in [6.45, 7) is 2.33. The van der Waals surface area contributed by atoms with Crippen LogP contribution in [0.1, 0.15) is 19.3 Å². The molecule has 1 unspecified atom stereocenters. The van der Waals surface area contributed by atoms with E-state index in [-0.39, 0.29) is 0 Å². The lowest BCUT2D eigenvalue weighted by atomic mass is 10.1. The van der Waals surface area contributed by atoms with Crippen molar-refractivity contribution in [3.8, 4) is 0 Å². The Morgan fingerprint density at radius 3 is 2.79 bits per heavy atom. The van der Waals surface area contributed by atoms with Gasteiger partial charge in [-0.25, -0.2) is 0 Å². The average Bonchev–Trinajstić information content (AvgIpc) is 2.29. The zero-order chi connectivity index (χ0) is 9.64. The topological polar surface area (TPSA) is 30.5 Å². The molecule has 0 aromatic heterocycles. The lowest BCUT2D eigenvalue weighted by Crippen LogP contribution is -2.40. The Morgan fingerprint density at radius 2 is 2.07 bits per heavy atom. The summed E-state index contributed by atoms with van der Waals surface area (Å²) in [5.41, 5.74) is 0. The molecule has 1 N–H and O–H groups in total. The van der Waals surface area contributed by atoms with Gasteiger partial charge < -0.3 is 14.8 Å². The zero-order valence-corrected chi connectivity index (χ0v) is 9.35. The minimum Gasteiger partial charge on any atom is -0.355 e. The number of ether oxygens (including phenoxy) is 2. The van der Waals surface area contributed by atoms with Crippen LogP contribution in [0.3, 0.4) is 0 Å². The van der Waals surface area contributed by atoms with Crippen LogP contribution in [0.15, 0.2) is 0 Å². The maximum absolute atomic E-state index is 5.48. The first-order valence-corrected chi connectivity index (χ1v) is 6.61. The first kappa shape index (κ1) is 10.7. The van der Waals surface area contributed by atoms with E-state index in [1.165, 1.54) is 24.3 Å². The summed E-state index contributed by atoms with van der Waals surface area (Å²) in [4.78, 5) is 0. The molecule has 2 rings (SSSR count). The highest BCUT2D eigenvalue weighted by molar-refractivity contribution is 7.99. The van der Waals surface area contributed by atoms with Gasteiger partial charge in [-0.15, -0.1) is 0 Å². The average molecular weight is 217 g/mol. The van der Waals surface area contributed by atoms with Crippen LogP contribution >= 0.6 is 11.8 Å². The molecule has 2 aliphatic heterocycles. The summed E-state index contributed by atoms with van der Waals surface area (Å²) in [6.07, 6.45) is 4.04. The van der Waals surface area contributed by atoms with Crippen LogP contribution in [0.5, 0.6) is 0 Å². The highest BCUT2D eigenvalue weighted by atomic mass is 32.2. The molecular formula is C10H19NO2S. The largest absolute Gasteiger partial charge is 0.355 e. The van der Waals surface area contributed by atoms with Crippen molar-refractivity contribution >= 4 is 11.8 Å². The van der Waals surface area contributed by atoms with Gasteiger partial charge >= 0.3 is 0 Å². The van der Waals surface area contributed by atoms with Gasteiger partial charge in [0.05, 0.1) is 12.7 Å². The van der Waals surface area contributed by atoms with Crippen LogP contribution < -0.4 is 5.32 Å². The van der Waals surface area contributed by atoms with Crippen LogP contribution in [0, 0.1) is 0 Å². The second kappa shape index (κ2) is 5.95. The molecule has 2 heterocycles. The van der Waals surface area contributed by atoms with E-state index in [1.807, 2.05) is 0 Å². The van der Waals surface area contributed by atoms with Crippen LogP contribution in [-0.4, -0.2) is 43.6 Å². The van der Waals surface area contributed by atoms with Gasteiger partial charge in [-0.1, -0.05) is 0 Å². The quantitative estimate of drug-likeness (QED) is 0.770. The van der Waals surface area contributed by atoms with Crippen LogP contribution in [0.25, 0.3) is 0 Å². The van der Waals surface area contributed by atoms with Crippen LogP contribution in [-0.2, 0) is 9.47 Å². The number of thioether (sulfide) groups is 1. The summed E-state index contributed by atoms with van der Waals surface area (Å²) in [5, 5.41) is 3.60. The minimum atomic E-state index is 0.373. The van der Waals surface area contributed by atoms with Crippen molar-refractivity contribution in [3.05, 3.63) is 0 Å². The first-order valence-electron chi connectivity index (χ1n) is 5.45. The van der Waals surface area contributed by atoms with Crippen molar-refractivity contribution in [1.82, 2.24) is 5.32 Å². The highest BCUT2D eigenvalue weighted by Gasteiger charge is 2.17. The molecule has 0 spiro atoms. The first-order chi connectivity index (χ1) is 6.95. The second-order valence-electron chi connectivity index (χ2n) is 3.90. The van der Waals surface area contributed by atoms with Gasteiger partial charge in [0.1, 0.15) is 6.79 Å². The summed E-state index contributed by atoms with van der Waals surface area (Å²) >= 11 is 2.07. The van der Waals surface area contributed by atoms with Gasteiger partial charge in [0.25, 0.3) is 0 Å². The van der Waals surface area contributed by atoms with Gasteiger partial charge in [-0.2, -0.15) is 11.8 Å². The van der Waals surface area contributed by atoms with E-state index < -0.39 is 0 Å². The smallest absolute Gasteiger partial charge is 0.147 e. The fourth-order valence-electron chi connectivity index (χ4n) is 1.86. The van der Waals surface area contributed by atoms with Crippen molar-refractivity contribution in [2.24, 2.45) is 0 Å². The van der Waals surface area contributed by atoms with Crippen LogP contribution in [0.2, 0.25) is 0 Å². The minimum absolute atomic E-state index is 0.373. The summed E-state index contributed by atoms with van der Waals surface area (Å²) < 4.78 is 10.6. The molecule has 2 fully saturated rings. The predicted octanol–water partition coefficient (Wildman–Crippen LogP) is 1.23. The van der Waals surface area contributed by atoms with Gasteiger partial charge in [0, 0.05) is 12.6 Å². The Balaban J connectivity index is 1.60. The molecule has 82 valence electrons. The number of hydrogen-bond acceptors (Lipinski definition) is 4. The molecule has 0 aliphatic carbocycles. The van der Waals surface area contributed by atoms with Gasteiger partial charge in [0.15, 0.2) is 0 Å². The predicted molar refractivity (Wildman–Crippen MR) is 58.7 cm³/mol.